The number of pyridine rings is 1. The highest BCUT2D eigenvalue weighted by Crippen LogP contribution is 2.34. The summed E-state index contributed by atoms with van der Waals surface area (Å²) in [6, 6.07) is 17.1. The molecule has 1 fully saturated rings. The highest BCUT2D eigenvalue weighted by atomic mass is 35.5. The van der Waals surface area contributed by atoms with Crippen LogP contribution in [0.25, 0.3) is 0 Å². The second-order valence-electron chi connectivity index (χ2n) is 7.23. The molecule has 5 nitrogen and oxygen atoms in total. The first kappa shape index (κ1) is 22.6. The van der Waals surface area contributed by atoms with Gasteiger partial charge < -0.3 is 9.47 Å². The van der Waals surface area contributed by atoms with Crippen molar-refractivity contribution in [1.29, 1.82) is 0 Å². The lowest BCUT2D eigenvalue weighted by atomic mass is 10.1. The number of carbonyl (C=O) groups excluding carboxylic acids is 1. The third-order valence-corrected chi connectivity index (χ3v) is 7.01. The number of benzene rings is 2. The Hall–Kier alpha value is -2.61. The van der Waals surface area contributed by atoms with Crippen LogP contribution in [0.15, 0.2) is 67.0 Å². The van der Waals surface area contributed by atoms with Crippen molar-refractivity contribution in [1.82, 2.24) is 9.88 Å². The first-order valence-corrected chi connectivity index (χ1v) is 11.7. The van der Waals surface area contributed by atoms with Crippen LogP contribution in [0.4, 0.5) is 0 Å². The molecule has 1 aromatic heterocycles. The van der Waals surface area contributed by atoms with Gasteiger partial charge in [0.25, 0.3) is 0 Å². The molecule has 0 radical (unpaired) electrons. The fourth-order valence-electron chi connectivity index (χ4n) is 3.39. The smallest absolute Gasteiger partial charge is 0.242 e. The standard InChI is InChI=1S/C24H21ClN2O3S2/c1-29-21-11-16(8-9-20(21)30-15-18-6-2-3-7-19(18)25)12-22-23(28)27(24(31)32-22)14-17-5-4-10-26-13-17/h2-11,13,22H,12,14-15H2,1H3/t22-/m1/s1. The van der Waals surface area contributed by atoms with Gasteiger partial charge in [-0.25, -0.2) is 0 Å². The molecule has 0 bridgehead atoms. The van der Waals surface area contributed by atoms with E-state index in [2.05, 4.69) is 4.98 Å². The van der Waals surface area contributed by atoms with Crippen LogP contribution in [0.1, 0.15) is 16.7 Å². The second kappa shape index (κ2) is 10.3. The summed E-state index contributed by atoms with van der Waals surface area (Å²) < 4.78 is 12.0. The summed E-state index contributed by atoms with van der Waals surface area (Å²) >= 11 is 13.1. The Morgan fingerprint density at radius 2 is 1.97 bits per heavy atom. The van der Waals surface area contributed by atoms with Crippen LogP contribution < -0.4 is 9.47 Å². The summed E-state index contributed by atoms with van der Waals surface area (Å²) in [7, 11) is 1.60. The van der Waals surface area contributed by atoms with Crippen molar-refractivity contribution in [2.75, 3.05) is 7.11 Å². The quantitative estimate of drug-likeness (QED) is 0.405. The summed E-state index contributed by atoms with van der Waals surface area (Å²) in [5.41, 5.74) is 2.82. The molecule has 0 saturated carbocycles. The molecule has 1 aliphatic heterocycles. The Balaban J connectivity index is 1.42. The number of halogens is 1. The summed E-state index contributed by atoms with van der Waals surface area (Å²) in [5, 5.41) is 0.394. The summed E-state index contributed by atoms with van der Waals surface area (Å²) in [4.78, 5) is 18.7. The van der Waals surface area contributed by atoms with Gasteiger partial charge in [0.2, 0.25) is 5.91 Å². The molecule has 8 heteroatoms. The van der Waals surface area contributed by atoms with Gasteiger partial charge in [0.15, 0.2) is 11.5 Å². The molecule has 2 heterocycles. The zero-order valence-electron chi connectivity index (χ0n) is 17.4. The number of hydrogen-bond donors (Lipinski definition) is 0. The molecular formula is C24H21ClN2O3S2. The first-order valence-electron chi connectivity index (χ1n) is 9.99. The molecule has 0 aliphatic carbocycles. The van der Waals surface area contributed by atoms with E-state index in [1.165, 1.54) is 11.8 Å². The lowest BCUT2D eigenvalue weighted by Crippen LogP contribution is -2.31. The van der Waals surface area contributed by atoms with Gasteiger partial charge >= 0.3 is 0 Å². The van der Waals surface area contributed by atoms with Crippen molar-refractivity contribution in [2.24, 2.45) is 0 Å². The van der Waals surface area contributed by atoms with Gasteiger partial charge in [-0.2, -0.15) is 0 Å². The van der Waals surface area contributed by atoms with Crippen molar-refractivity contribution in [2.45, 2.75) is 24.8 Å². The maximum absolute atomic E-state index is 13.0. The number of rotatable bonds is 8. The summed E-state index contributed by atoms with van der Waals surface area (Å²) in [6.07, 6.45) is 4.01. The van der Waals surface area contributed by atoms with Crippen LogP contribution in [-0.2, 0) is 24.4 Å². The van der Waals surface area contributed by atoms with Crippen LogP contribution in [-0.4, -0.2) is 32.5 Å². The highest BCUT2D eigenvalue weighted by Gasteiger charge is 2.36. The van der Waals surface area contributed by atoms with Crippen molar-refractivity contribution in [3.8, 4) is 11.5 Å². The number of amides is 1. The van der Waals surface area contributed by atoms with E-state index in [1.54, 1.807) is 24.4 Å². The van der Waals surface area contributed by atoms with Crippen LogP contribution in [0.5, 0.6) is 11.5 Å². The average molecular weight is 485 g/mol. The van der Waals surface area contributed by atoms with E-state index in [0.29, 0.717) is 40.4 Å². The van der Waals surface area contributed by atoms with Gasteiger partial charge in [0.1, 0.15) is 10.9 Å². The van der Waals surface area contributed by atoms with Crippen LogP contribution >= 0.6 is 35.6 Å². The Kier molecular flexibility index (Phi) is 7.29. The highest BCUT2D eigenvalue weighted by molar-refractivity contribution is 8.24. The number of aromatic nitrogens is 1. The summed E-state index contributed by atoms with van der Waals surface area (Å²) in [5.74, 6) is 1.25. The molecule has 1 saturated heterocycles. The molecule has 1 atom stereocenters. The monoisotopic (exact) mass is 484 g/mol. The molecule has 0 N–H and O–H groups in total. The number of carbonyl (C=O) groups is 1. The largest absolute Gasteiger partial charge is 0.493 e. The van der Waals surface area contributed by atoms with E-state index in [1.807, 2.05) is 54.6 Å². The number of thioether (sulfide) groups is 1. The minimum atomic E-state index is -0.265. The predicted molar refractivity (Wildman–Crippen MR) is 131 cm³/mol. The van der Waals surface area contributed by atoms with Gasteiger partial charge in [-0.05, 0) is 41.8 Å². The molecule has 32 heavy (non-hydrogen) atoms. The minimum absolute atomic E-state index is 0.0156. The normalized spacial score (nSPS) is 15.8. The van der Waals surface area contributed by atoms with Crippen molar-refractivity contribution < 1.29 is 14.3 Å². The van der Waals surface area contributed by atoms with Crippen LogP contribution in [0.2, 0.25) is 5.02 Å². The lowest BCUT2D eigenvalue weighted by molar-refractivity contribution is -0.126. The minimum Gasteiger partial charge on any atom is -0.493 e. The Bertz CT molecular complexity index is 1130. The molecule has 1 aliphatic rings. The fourth-order valence-corrected chi connectivity index (χ4v) is 5.11. The molecule has 1 amide bonds. The fraction of sp³-hybridized carbons (Fsp3) is 0.208. The predicted octanol–water partition coefficient (Wildman–Crippen LogP) is 5.29. The average Bonchev–Trinajstić information content (AvgIpc) is 3.07. The number of thiocarbonyl (C=S) groups is 1. The van der Waals surface area contributed by atoms with Crippen molar-refractivity contribution >= 4 is 45.8 Å². The van der Waals surface area contributed by atoms with Gasteiger partial charge in [-0.1, -0.05) is 65.9 Å². The van der Waals surface area contributed by atoms with Gasteiger partial charge in [-0.15, -0.1) is 0 Å². The van der Waals surface area contributed by atoms with Gasteiger partial charge in [0, 0.05) is 23.0 Å². The van der Waals surface area contributed by atoms with Crippen molar-refractivity contribution in [3.05, 3.63) is 88.7 Å². The van der Waals surface area contributed by atoms with E-state index in [-0.39, 0.29) is 11.2 Å². The van der Waals surface area contributed by atoms with E-state index < -0.39 is 0 Å². The van der Waals surface area contributed by atoms with E-state index in [9.17, 15) is 4.79 Å². The number of hydrogen-bond acceptors (Lipinski definition) is 6. The third-order valence-electron chi connectivity index (χ3n) is 5.06. The molecule has 164 valence electrons. The van der Waals surface area contributed by atoms with E-state index in [4.69, 9.17) is 33.3 Å². The first-order chi connectivity index (χ1) is 15.5. The van der Waals surface area contributed by atoms with E-state index >= 15 is 0 Å². The van der Waals surface area contributed by atoms with Crippen LogP contribution in [0, 0.1) is 0 Å². The maximum Gasteiger partial charge on any atom is 0.242 e. The topological polar surface area (TPSA) is 51.7 Å². The SMILES string of the molecule is COc1cc(C[C@H]2SC(=S)N(Cc3cccnc3)C2=O)ccc1OCc1ccccc1Cl. The molecule has 4 rings (SSSR count). The Labute approximate surface area is 201 Å². The molecule has 2 aromatic carbocycles. The maximum atomic E-state index is 13.0. The molecule has 3 aromatic rings. The lowest BCUT2D eigenvalue weighted by Gasteiger charge is -2.16. The Morgan fingerprint density at radius 1 is 1.12 bits per heavy atom. The van der Waals surface area contributed by atoms with Crippen molar-refractivity contribution in [3.63, 3.8) is 0 Å². The second-order valence-corrected chi connectivity index (χ2v) is 9.47. The van der Waals surface area contributed by atoms with E-state index in [0.717, 1.165) is 16.7 Å². The van der Waals surface area contributed by atoms with Gasteiger partial charge in [-0.3, -0.25) is 14.7 Å². The number of nitrogens with zero attached hydrogens (tertiary/aromatic N) is 2. The molecular weight excluding hydrogens is 464 g/mol. The molecule has 0 unspecified atom stereocenters. The zero-order chi connectivity index (χ0) is 22.5. The van der Waals surface area contributed by atoms with Gasteiger partial charge in [0.05, 0.1) is 18.9 Å². The number of ether oxygens (including phenoxy) is 2. The Morgan fingerprint density at radius 3 is 2.72 bits per heavy atom. The third kappa shape index (κ3) is 5.23. The van der Waals surface area contributed by atoms with Crippen LogP contribution in [0.3, 0.4) is 0 Å². The number of methoxy groups -OCH3 is 1. The molecule has 0 spiro atoms. The zero-order valence-corrected chi connectivity index (χ0v) is 19.8. The summed E-state index contributed by atoms with van der Waals surface area (Å²) in [6.45, 7) is 0.775.